The Morgan fingerprint density at radius 1 is 1.45 bits per heavy atom. The number of alkyl halides is 2. The monoisotopic (exact) mass is 431 g/mol. The number of hydrogen-bond donors (Lipinski definition) is 3. The molecule has 3 rings (SSSR count). The molecule has 0 saturated carbocycles. The molecule has 0 radical (unpaired) electrons. The van der Waals surface area contributed by atoms with Crippen LogP contribution in [0.1, 0.15) is 19.2 Å². The molecule has 1 aliphatic heterocycles. The summed E-state index contributed by atoms with van der Waals surface area (Å²) in [6.45, 7) is -0.144. The Balaban J connectivity index is 2.17. The van der Waals surface area contributed by atoms with E-state index in [1.165, 1.54) is 25.1 Å². The Bertz CT molecular complexity index is 1040. The summed E-state index contributed by atoms with van der Waals surface area (Å²) in [4.78, 5) is 10.5. The molecule has 0 spiro atoms. The van der Waals surface area contributed by atoms with Crippen LogP contribution in [0.25, 0.3) is 0 Å². The van der Waals surface area contributed by atoms with Crippen LogP contribution in [0.15, 0.2) is 29.3 Å². The lowest BCUT2D eigenvalue weighted by Crippen LogP contribution is -2.53. The van der Waals surface area contributed by atoms with E-state index in [1.807, 2.05) is 0 Å². The summed E-state index contributed by atoms with van der Waals surface area (Å²) in [6.07, 6.45) is -1.28. The van der Waals surface area contributed by atoms with Gasteiger partial charge in [0, 0.05) is 12.2 Å². The van der Waals surface area contributed by atoms with Crippen molar-refractivity contribution >= 4 is 27.5 Å². The maximum Gasteiger partial charge on any atom is 0.409 e. The molecule has 0 fully saturated rings. The van der Waals surface area contributed by atoms with Crippen molar-refractivity contribution in [3.63, 3.8) is 0 Å². The lowest BCUT2D eigenvalue weighted by atomic mass is 10.1. The van der Waals surface area contributed by atoms with E-state index in [-0.39, 0.29) is 34.0 Å². The number of nitrogens with one attached hydrogen (secondary N) is 1. The summed E-state index contributed by atoms with van der Waals surface area (Å²) in [7, 11) is -4.35. The van der Waals surface area contributed by atoms with E-state index < -0.39 is 39.7 Å². The summed E-state index contributed by atoms with van der Waals surface area (Å²) in [6, 6.07) is 3.30. The standard InChI is InChI=1S/C16H19F2N5O5S/c1-8-14(7-22(21-8)15(17)18)29(26,27)23-9(2)13(6-19)28-12-4-3-10(5-11(12)23)20-16(24)25/h3-5,7,9,13,15,20H,6,19H2,1-2H3,(H,24,25)/t9-,13+/m1/s1. The minimum atomic E-state index is -4.35. The van der Waals surface area contributed by atoms with Crippen molar-refractivity contribution in [3.05, 3.63) is 30.1 Å². The van der Waals surface area contributed by atoms with Gasteiger partial charge in [-0.3, -0.25) is 9.62 Å². The van der Waals surface area contributed by atoms with E-state index in [2.05, 4.69) is 10.4 Å². The maximum atomic E-state index is 13.4. The topological polar surface area (TPSA) is 140 Å². The average Bonchev–Trinajstić information content (AvgIpc) is 3.03. The number of anilines is 2. The zero-order valence-electron chi connectivity index (χ0n) is 15.4. The molecular formula is C16H19F2N5O5S. The predicted molar refractivity (Wildman–Crippen MR) is 98.9 cm³/mol. The van der Waals surface area contributed by atoms with Crippen LogP contribution in [0.5, 0.6) is 5.75 Å². The number of sulfonamides is 1. The Kier molecular flexibility index (Phi) is 5.36. The number of carboxylic acid groups (broad SMARTS) is 1. The fourth-order valence-electron chi connectivity index (χ4n) is 3.14. The van der Waals surface area contributed by atoms with E-state index in [9.17, 15) is 22.0 Å². The van der Waals surface area contributed by atoms with Gasteiger partial charge in [-0.05, 0) is 32.0 Å². The molecule has 2 heterocycles. The largest absolute Gasteiger partial charge is 0.485 e. The number of benzene rings is 1. The summed E-state index contributed by atoms with van der Waals surface area (Å²) in [5.74, 6) is 0.164. The van der Waals surface area contributed by atoms with Gasteiger partial charge in [-0.1, -0.05) is 0 Å². The van der Waals surface area contributed by atoms with Crippen LogP contribution in [0.2, 0.25) is 0 Å². The summed E-state index contributed by atoms with van der Waals surface area (Å²) in [5.41, 5.74) is 5.77. The van der Waals surface area contributed by atoms with Crippen LogP contribution in [-0.4, -0.2) is 48.1 Å². The number of nitrogens with two attached hydrogens (primary N) is 1. The third-order valence-electron chi connectivity index (χ3n) is 4.47. The molecule has 158 valence electrons. The number of rotatable bonds is 5. The van der Waals surface area contributed by atoms with Gasteiger partial charge in [-0.2, -0.15) is 13.9 Å². The van der Waals surface area contributed by atoms with E-state index >= 15 is 0 Å². The number of hydrogen-bond acceptors (Lipinski definition) is 6. The number of ether oxygens (including phenoxy) is 1. The first-order valence-electron chi connectivity index (χ1n) is 8.45. The van der Waals surface area contributed by atoms with Crippen molar-refractivity contribution in [1.82, 2.24) is 9.78 Å². The van der Waals surface area contributed by atoms with Crippen molar-refractivity contribution in [1.29, 1.82) is 0 Å². The predicted octanol–water partition coefficient (Wildman–Crippen LogP) is 1.98. The molecule has 1 aliphatic rings. The summed E-state index contributed by atoms with van der Waals surface area (Å²) < 4.78 is 59.8. The first kappa shape index (κ1) is 20.8. The second-order valence-electron chi connectivity index (χ2n) is 6.38. The first-order chi connectivity index (χ1) is 13.6. The number of fused-ring (bicyclic) bond motifs is 1. The molecule has 2 atom stereocenters. The second-order valence-corrected chi connectivity index (χ2v) is 8.17. The number of nitrogens with zero attached hydrogens (tertiary/aromatic N) is 3. The van der Waals surface area contributed by atoms with Gasteiger partial charge in [-0.25, -0.2) is 17.9 Å². The highest BCUT2D eigenvalue weighted by atomic mass is 32.2. The summed E-state index contributed by atoms with van der Waals surface area (Å²) >= 11 is 0. The highest BCUT2D eigenvalue weighted by Crippen LogP contribution is 2.41. The van der Waals surface area contributed by atoms with Crippen molar-refractivity contribution in [2.45, 2.75) is 37.4 Å². The van der Waals surface area contributed by atoms with Crippen molar-refractivity contribution < 1.29 is 31.8 Å². The number of aromatic nitrogens is 2. The number of halogens is 2. The lowest BCUT2D eigenvalue weighted by Gasteiger charge is -2.40. The Morgan fingerprint density at radius 2 is 2.14 bits per heavy atom. The molecule has 29 heavy (non-hydrogen) atoms. The second kappa shape index (κ2) is 7.48. The van der Waals surface area contributed by atoms with Gasteiger partial charge in [0.15, 0.2) is 0 Å². The van der Waals surface area contributed by atoms with Crippen LogP contribution in [0, 0.1) is 6.92 Å². The molecular weight excluding hydrogens is 412 g/mol. The van der Waals surface area contributed by atoms with Crippen LogP contribution in [-0.2, 0) is 10.0 Å². The Hall–Kier alpha value is -2.93. The molecule has 10 nitrogen and oxygen atoms in total. The van der Waals surface area contributed by atoms with Crippen LogP contribution >= 0.6 is 0 Å². The lowest BCUT2D eigenvalue weighted by molar-refractivity contribution is 0.0561. The minimum Gasteiger partial charge on any atom is -0.485 e. The van der Waals surface area contributed by atoms with E-state index in [4.69, 9.17) is 15.6 Å². The third kappa shape index (κ3) is 3.70. The minimum absolute atomic E-state index is 0.00294. The van der Waals surface area contributed by atoms with Gasteiger partial charge in [0.05, 0.1) is 23.6 Å². The summed E-state index contributed by atoms with van der Waals surface area (Å²) in [5, 5.41) is 14.6. The molecule has 1 aromatic carbocycles. The van der Waals surface area contributed by atoms with Crippen LogP contribution < -0.4 is 20.1 Å². The fraction of sp³-hybridized carbons (Fsp3) is 0.375. The Morgan fingerprint density at radius 3 is 2.69 bits per heavy atom. The van der Waals surface area contributed by atoms with E-state index in [1.54, 1.807) is 6.92 Å². The number of carbonyl (C=O) groups is 1. The van der Waals surface area contributed by atoms with Gasteiger partial charge >= 0.3 is 12.6 Å². The van der Waals surface area contributed by atoms with E-state index in [0.717, 1.165) is 10.5 Å². The number of aryl methyl sites for hydroxylation is 1. The van der Waals surface area contributed by atoms with Gasteiger partial charge in [0.2, 0.25) is 0 Å². The Labute approximate surface area is 164 Å². The molecule has 13 heteroatoms. The van der Waals surface area contributed by atoms with Gasteiger partial charge in [-0.15, -0.1) is 0 Å². The van der Waals surface area contributed by atoms with Gasteiger partial charge < -0.3 is 15.6 Å². The first-order valence-corrected chi connectivity index (χ1v) is 9.89. The molecule has 1 amide bonds. The molecule has 0 aliphatic carbocycles. The van der Waals surface area contributed by atoms with Crippen molar-refractivity contribution in [3.8, 4) is 5.75 Å². The third-order valence-corrected chi connectivity index (χ3v) is 6.48. The van der Waals surface area contributed by atoms with Crippen molar-refractivity contribution in [2.24, 2.45) is 5.73 Å². The van der Waals surface area contributed by atoms with Gasteiger partial charge in [0.1, 0.15) is 16.7 Å². The van der Waals surface area contributed by atoms with Gasteiger partial charge in [0.25, 0.3) is 10.0 Å². The average molecular weight is 431 g/mol. The maximum absolute atomic E-state index is 13.4. The van der Waals surface area contributed by atoms with Crippen LogP contribution in [0.4, 0.5) is 25.0 Å². The van der Waals surface area contributed by atoms with Crippen molar-refractivity contribution in [2.75, 3.05) is 16.2 Å². The van der Waals surface area contributed by atoms with Crippen LogP contribution in [0.3, 0.4) is 0 Å². The molecule has 0 bridgehead atoms. The smallest absolute Gasteiger partial charge is 0.409 e. The molecule has 2 aromatic rings. The number of amides is 1. The molecule has 4 N–H and O–H groups in total. The molecule has 0 saturated heterocycles. The normalized spacial score (nSPS) is 19.0. The molecule has 1 aromatic heterocycles. The van der Waals surface area contributed by atoms with E-state index in [0.29, 0.717) is 0 Å². The zero-order valence-corrected chi connectivity index (χ0v) is 16.2. The molecule has 0 unspecified atom stereocenters. The highest BCUT2D eigenvalue weighted by molar-refractivity contribution is 7.93. The highest BCUT2D eigenvalue weighted by Gasteiger charge is 2.41. The SMILES string of the molecule is Cc1nn(C(F)F)cc1S(=O)(=O)N1c2cc(NC(=O)O)ccc2O[C@@H](CN)[C@H]1C. The quantitative estimate of drug-likeness (QED) is 0.658. The fourth-order valence-corrected chi connectivity index (χ4v) is 4.98. The zero-order chi connectivity index (χ0) is 21.5.